The van der Waals surface area contributed by atoms with E-state index in [0.29, 0.717) is 13.2 Å². The predicted molar refractivity (Wildman–Crippen MR) is 67.9 cm³/mol. The van der Waals surface area contributed by atoms with Gasteiger partial charge in [-0.25, -0.2) is 0 Å². The highest BCUT2D eigenvalue weighted by molar-refractivity contribution is 5.95. The van der Waals surface area contributed by atoms with E-state index in [-0.39, 0.29) is 5.92 Å². The van der Waals surface area contributed by atoms with Crippen molar-refractivity contribution in [2.45, 2.75) is 39.5 Å². The Bertz CT molecular complexity index is 281. The molecule has 0 fully saturated rings. The summed E-state index contributed by atoms with van der Waals surface area (Å²) in [5.41, 5.74) is 0. The standard InChI is InChI=1S/C14H22O4/c1-3-17-13(15)12(14(16)18-4-2)11-9-7-5-6-8-10-11/h5-6,11-12H,3-4,7-10H2,1-2H3. The molecule has 0 spiro atoms. The first kappa shape index (κ1) is 14.7. The van der Waals surface area contributed by atoms with Crippen LogP contribution in [-0.2, 0) is 19.1 Å². The van der Waals surface area contributed by atoms with Crippen LogP contribution in [-0.4, -0.2) is 25.2 Å². The fraction of sp³-hybridized carbons (Fsp3) is 0.714. The summed E-state index contributed by atoms with van der Waals surface area (Å²) in [6.07, 6.45) is 7.68. The molecule has 0 aromatic carbocycles. The van der Waals surface area contributed by atoms with Gasteiger partial charge in [0.2, 0.25) is 0 Å². The molecule has 0 bridgehead atoms. The Kier molecular flexibility index (Phi) is 6.47. The SMILES string of the molecule is CCOC(=O)C(C(=O)OCC)C1CCC=CCC1. The Labute approximate surface area is 108 Å². The summed E-state index contributed by atoms with van der Waals surface area (Å²) < 4.78 is 10.0. The molecule has 0 aromatic rings. The predicted octanol–water partition coefficient (Wildman–Crippen LogP) is 2.48. The van der Waals surface area contributed by atoms with Gasteiger partial charge in [0.15, 0.2) is 5.92 Å². The molecule has 1 aliphatic rings. The average molecular weight is 254 g/mol. The van der Waals surface area contributed by atoms with Crippen LogP contribution in [0.2, 0.25) is 0 Å². The van der Waals surface area contributed by atoms with Crippen molar-refractivity contribution in [3.63, 3.8) is 0 Å². The van der Waals surface area contributed by atoms with Gasteiger partial charge in [-0.2, -0.15) is 0 Å². The summed E-state index contributed by atoms with van der Waals surface area (Å²) >= 11 is 0. The second kappa shape index (κ2) is 7.90. The van der Waals surface area contributed by atoms with Crippen LogP contribution in [0.25, 0.3) is 0 Å². The molecule has 18 heavy (non-hydrogen) atoms. The third kappa shape index (κ3) is 4.17. The molecule has 0 unspecified atom stereocenters. The van der Waals surface area contributed by atoms with E-state index in [0.717, 1.165) is 25.7 Å². The molecular weight excluding hydrogens is 232 g/mol. The van der Waals surface area contributed by atoms with Crippen LogP contribution in [0.4, 0.5) is 0 Å². The van der Waals surface area contributed by atoms with Crippen LogP contribution in [0.3, 0.4) is 0 Å². The van der Waals surface area contributed by atoms with Crippen LogP contribution in [0.1, 0.15) is 39.5 Å². The normalized spacial score (nSPS) is 16.4. The fourth-order valence-electron chi connectivity index (χ4n) is 2.28. The molecule has 0 saturated carbocycles. The molecule has 102 valence electrons. The van der Waals surface area contributed by atoms with Gasteiger partial charge in [0.25, 0.3) is 0 Å². The van der Waals surface area contributed by atoms with E-state index in [4.69, 9.17) is 9.47 Å². The fourth-order valence-corrected chi connectivity index (χ4v) is 2.28. The second-order valence-corrected chi connectivity index (χ2v) is 4.37. The molecule has 0 amide bonds. The lowest BCUT2D eigenvalue weighted by atomic mass is 9.86. The maximum absolute atomic E-state index is 11.9. The quantitative estimate of drug-likeness (QED) is 0.429. The minimum absolute atomic E-state index is 0.0260. The number of esters is 2. The molecule has 1 rings (SSSR count). The van der Waals surface area contributed by atoms with Gasteiger partial charge < -0.3 is 9.47 Å². The monoisotopic (exact) mass is 254 g/mol. The molecular formula is C14H22O4. The first-order valence-corrected chi connectivity index (χ1v) is 6.69. The van der Waals surface area contributed by atoms with E-state index in [2.05, 4.69) is 12.2 Å². The van der Waals surface area contributed by atoms with Gasteiger partial charge in [0.1, 0.15) is 0 Å². The van der Waals surface area contributed by atoms with E-state index in [9.17, 15) is 9.59 Å². The summed E-state index contributed by atoms with van der Waals surface area (Å²) in [4.78, 5) is 23.9. The maximum Gasteiger partial charge on any atom is 0.320 e. The van der Waals surface area contributed by atoms with Gasteiger partial charge in [-0.3, -0.25) is 9.59 Å². The second-order valence-electron chi connectivity index (χ2n) is 4.37. The van der Waals surface area contributed by atoms with Gasteiger partial charge in [0.05, 0.1) is 13.2 Å². The van der Waals surface area contributed by atoms with Crippen molar-refractivity contribution in [1.29, 1.82) is 0 Å². The van der Waals surface area contributed by atoms with Gasteiger partial charge in [-0.15, -0.1) is 0 Å². The highest BCUT2D eigenvalue weighted by atomic mass is 16.6. The van der Waals surface area contributed by atoms with Crippen molar-refractivity contribution in [3.8, 4) is 0 Å². The first-order chi connectivity index (χ1) is 8.70. The molecule has 0 aliphatic heterocycles. The summed E-state index contributed by atoms with van der Waals surface area (Å²) in [6, 6.07) is 0. The van der Waals surface area contributed by atoms with Crippen molar-refractivity contribution in [3.05, 3.63) is 12.2 Å². The van der Waals surface area contributed by atoms with Crippen molar-refractivity contribution < 1.29 is 19.1 Å². The Morgan fingerprint density at radius 3 is 1.89 bits per heavy atom. The number of carbonyl (C=O) groups is 2. The third-order valence-corrected chi connectivity index (χ3v) is 3.13. The van der Waals surface area contributed by atoms with Crippen molar-refractivity contribution in [2.75, 3.05) is 13.2 Å². The summed E-state index contributed by atoms with van der Waals surface area (Å²) in [5.74, 6) is -1.62. The Morgan fingerprint density at radius 2 is 1.50 bits per heavy atom. The Balaban J connectivity index is 2.74. The molecule has 0 heterocycles. The Morgan fingerprint density at radius 1 is 1.06 bits per heavy atom. The smallest absolute Gasteiger partial charge is 0.320 e. The first-order valence-electron chi connectivity index (χ1n) is 6.69. The highest BCUT2D eigenvalue weighted by Gasteiger charge is 2.36. The summed E-state index contributed by atoms with van der Waals surface area (Å²) in [7, 11) is 0. The number of hydrogen-bond donors (Lipinski definition) is 0. The zero-order valence-electron chi connectivity index (χ0n) is 11.2. The number of allylic oxidation sites excluding steroid dienone is 2. The number of carbonyl (C=O) groups excluding carboxylic acids is 2. The van der Waals surface area contributed by atoms with Crippen molar-refractivity contribution >= 4 is 11.9 Å². The zero-order chi connectivity index (χ0) is 13.4. The third-order valence-electron chi connectivity index (χ3n) is 3.13. The summed E-state index contributed by atoms with van der Waals surface area (Å²) in [5, 5.41) is 0. The van der Waals surface area contributed by atoms with Gasteiger partial charge in [-0.1, -0.05) is 12.2 Å². The molecule has 1 aliphatic carbocycles. The maximum atomic E-state index is 11.9. The number of ether oxygens (including phenoxy) is 2. The van der Waals surface area contributed by atoms with Gasteiger partial charge >= 0.3 is 11.9 Å². The molecule has 4 heteroatoms. The van der Waals surface area contributed by atoms with Gasteiger partial charge in [-0.05, 0) is 45.4 Å². The zero-order valence-corrected chi connectivity index (χ0v) is 11.2. The average Bonchev–Trinajstić information content (AvgIpc) is 2.59. The lowest BCUT2D eigenvalue weighted by Gasteiger charge is -2.22. The molecule has 0 atom stereocenters. The van der Waals surface area contributed by atoms with E-state index < -0.39 is 17.9 Å². The summed E-state index contributed by atoms with van der Waals surface area (Å²) in [6.45, 7) is 4.07. The van der Waals surface area contributed by atoms with Gasteiger partial charge in [0, 0.05) is 0 Å². The van der Waals surface area contributed by atoms with Crippen LogP contribution in [0, 0.1) is 11.8 Å². The van der Waals surface area contributed by atoms with E-state index in [1.807, 2.05) is 0 Å². The minimum Gasteiger partial charge on any atom is -0.465 e. The topological polar surface area (TPSA) is 52.6 Å². The molecule has 0 aromatic heterocycles. The highest BCUT2D eigenvalue weighted by Crippen LogP contribution is 2.28. The van der Waals surface area contributed by atoms with Crippen LogP contribution < -0.4 is 0 Å². The Hall–Kier alpha value is -1.32. The lowest BCUT2D eigenvalue weighted by Crippen LogP contribution is -2.34. The number of rotatable bonds is 5. The lowest BCUT2D eigenvalue weighted by molar-refractivity contribution is -0.164. The number of hydrogen-bond acceptors (Lipinski definition) is 4. The van der Waals surface area contributed by atoms with E-state index in [1.54, 1.807) is 13.8 Å². The molecule has 0 radical (unpaired) electrons. The van der Waals surface area contributed by atoms with Crippen molar-refractivity contribution in [1.82, 2.24) is 0 Å². The van der Waals surface area contributed by atoms with Crippen LogP contribution in [0.15, 0.2) is 12.2 Å². The molecule has 4 nitrogen and oxygen atoms in total. The largest absolute Gasteiger partial charge is 0.465 e. The minimum atomic E-state index is -0.759. The molecule has 0 saturated heterocycles. The van der Waals surface area contributed by atoms with E-state index in [1.165, 1.54) is 0 Å². The van der Waals surface area contributed by atoms with Crippen LogP contribution >= 0.6 is 0 Å². The van der Waals surface area contributed by atoms with Crippen molar-refractivity contribution in [2.24, 2.45) is 11.8 Å². The van der Waals surface area contributed by atoms with Crippen LogP contribution in [0.5, 0.6) is 0 Å². The molecule has 0 N–H and O–H groups in total. The van der Waals surface area contributed by atoms with E-state index >= 15 is 0 Å².